The lowest BCUT2D eigenvalue weighted by molar-refractivity contribution is 0.147. The molecule has 0 heterocycles. The Balaban J connectivity index is 2.02. The maximum Gasteiger partial charge on any atom is 0.0474 e. The number of nitrogens with one attached hydrogen (secondary N) is 1. The van der Waals surface area contributed by atoms with Crippen LogP contribution in [0.5, 0.6) is 0 Å². The molecule has 0 radical (unpaired) electrons. The Morgan fingerprint density at radius 3 is 2.63 bits per heavy atom. The van der Waals surface area contributed by atoms with Gasteiger partial charge in [0.2, 0.25) is 0 Å². The Bertz CT molecular complexity index is 416. The highest BCUT2D eigenvalue weighted by Crippen LogP contribution is 2.27. The molecule has 0 aromatic heterocycles. The van der Waals surface area contributed by atoms with Gasteiger partial charge in [-0.05, 0) is 56.2 Å². The van der Waals surface area contributed by atoms with E-state index in [9.17, 15) is 5.11 Å². The summed E-state index contributed by atoms with van der Waals surface area (Å²) in [5.41, 5.74) is 4.06. The fourth-order valence-electron chi connectivity index (χ4n) is 3.10. The van der Waals surface area contributed by atoms with E-state index in [1.807, 2.05) is 0 Å². The third kappa shape index (κ3) is 3.58. The number of aliphatic hydroxyl groups is 1. The van der Waals surface area contributed by atoms with Crippen LogP contribution in [0.25, 0.3) is 0 Å². The summed E-state index contributed by atoms with van der Waals surface area (Å²) in [5.74, 6) is 0.433. The fourth-order valence-corrected chi connectivity index (χ4v) is 3.10. The lowest BCUT2D eigenvalue weighted by Crippen LogP contribution is -2.41. The van der Waals surface area contributed by atoms with Crippen LogP contribution in [0.2, 0.25) is 0 Å². The first-order chi connectivity index (χ1) is 9.11. The first-order valence-electron chi connectivity index (χ1n) is 7.56. The molecule has 1 aromatic rings. The number of hydrogen-bond acceptors (Lipinski definition) is 2. The SMILES string of the molecule is Cc1ccc(C(C)NC2CCCCC2CO)cc1C. The minimum atomic E-state index is 0.317. The van der Waals surface area contributed by atoms with Crippen LogP contribution >= 0.6 is 0 Å². The lowest BCUT2D eigenvalue weighted by atomic mass is 9.84. The average molecular weight is 261 g/mol. The average Bonchev–Trinajstić information content (AvgIpc) is 2.42. The van der Waals surface area contributed by atoms with Gasteiger partial charge in [0.25, 0.3) is 0 Å². The molecule has 1 aliphatic carbocycles. The van der Waals surface area contributed by atoms with Crippen molar-refractivity contribution in [1.29, 1.82) is 0 Å². The Morgan fingerprint density at radius 2 is 1.95 bits per heavy atom. The first kappa shape index (κ1) is 14.5. The standard InChI is InChI=1S/C17H27NO/c1-12-8-9-15(10-13(12)2)14(3)18-17-7-5-4-6-16(17)11-19/h8-10,14,16-19H,4-7,11H2,1-3H3. The van der Waals surface area contributed by atoms with E-state index in [-0.39, 0.29) is 0 Å². The van der Waals surface area contributed by atoms with Gasteiger partial charge in [0.1, 0.15) is 0 Å². The van der Waals surface area contributed by atoms with Gasteiger partial charge in [0.05, 0.1) is 0 Å². The van der Waals surface area contributed by atoms with Gasteiger partial charge >= 0.3 is 0 Å². The normalized spacial score (nSPS) is 25.3. The van der Waals surface area contributed by atoms with Crippen LogP contribution in [0.15, 0.2) is 18.2 Å². The van der Waals surface area contributed by atoms with Crippen molar-refractivity contribution in [3.05, 3.63) is 34.9 Å². The summed E-state index contributed by atoms with van der Waals surface area (Å²) in [7, 11) is 0. The highest BCUT2D eigenvalue weighted by atomic mass is 16.3. The van der Waals surface area contributed by atoms with Crippen molar-refractivity contribution in [3.8, 4) is 0 Å². The highest BCUT2D eigenvalue weighted by Gasteiger charge is 2.25. The van der Waals surface area contributed by atoms with Crippen LogP contribution in [0.3, 0.4) is 0 Å². The second kappa shape index (κ2) is 6.53. The van der Waals surface area contributed by atoms with Crippen LogP contribution in [0.1, 0.15) is 55.3 Å². The molecule has 2 heteroatoms. The van der Waals surface area contributed by atoms with Crippen LogP contribution in [0, 0.1) is 19.8 Å². The first-order valence-corrected chi connectivity index (χ1v) is 7.56. The van der Waals surface area contributed by atoms with Crippen molar-refractivity contribution in [3.63, 3.8) is 0 Å². The van der Waals surface area contributed by atoms with Gasteiger partial charge in [-0.25, -0.2) is 0 Å². The van der Waals surface area contributed by atoms with Gasteiger partial charge in [0.15, 0.2) is 0 Å². The van der Waals surface area contributed by atoms with Gasteiger partial charge < -0.3 is 10.4 Å². The molecule has 3 unspecified atom stereocenters. The second-order valence-electron chi connectivity index (χ2n) is 6.07. The van der Waals surface area contributed by atoms with Crippen molar-refractivity contribution < 1.29 is 5.11 Å². The predicted octanol–water partition coefficient (Wildman–Crippen LogP) is 3.51. The van der Waals surface area contributed by atoms with Crippen molar-refractivity contribution in [1.82, 2.24) is 5.32 Å². The van der Waals surface area contributed by atoms with E-state index >= 15 is 0 Å². The van der Waals surface area contributed by atoms with Gasteiger partial charge in [-0.15, -0.1) is 0 Å². The Hall–Kier alpha value is -0.860. The summed E-state index contributed by atoms with van der Waals surface area (Å²) in [6.07, 6.45) is 4.91. The zero-order valence-corrected chi connectivity index (χ0v) is 12.4. The molecule has 0 spiro atoms. The van der Waals surface area contributed by atoms with E-state index in [1.54, 1.807) is 0 Å². The number of rotatable bonds is 4. The maximum absolute atomic E-state index is 9.49. The van der Waals surface area contributed by atoms with Gasteiger partial charge in [0, 0.05) is 18.7 Å². The third-order valence-electron chi connectivity index (χ3n) is 4.64. The highest BCUT2D eigenvalue weighted by molar-refractivity contribution is 5.31. The van der Waals surface area contributed by atoms with Crippen LogP contribution in [-0.4, -0.2) is 17.8 Å². The number of benzene rings is 1. The quantitative estimate of drug-likeness (QED) is 0.869. The molecule has 0 saturated heterocycles. The molecule has 2 N–H and O–H groups in total. The molecule has 0 aliphatic heterocycles. The summed E-state index contributed by atoms with van der Waals surface area (Å²) >= 11 is 0. The zero-order chi connectivity index (χ0) is 13.8. The van der Waals surface area contributed by atoms with E-state index < -0.39 is 0 Å². The molecule has 106 valence electrons. The molecule has 19 heavy (non-hydrogen) atoms. The molecule has 2 nitrogen and oxygen atoms in total. The molecule has 1 fully saturated rings. The molecule has 0 amide bonds. The largest absolute Gasteiger partial charge is 0.396 e. The van der Waals surface area contributed by atoms with E-state index in [0.29, 0.717) is 24.6 Å². The molecule has 3 atom stereocenters. The van der Waals surface area contributed by atoms with Gasteiger partial charge in [-0.3, -0.25) is 0 Å². The van der Waals surface area contributed by atoms with Crippen LogP contribution < -0.4 is 5.32 Å². The number of aryl methyl sites for hydroxylation is 2. The topological polar surface area (TPSA) is 32.3 Å². The van der Waals surface area contributed by atoms with Crippen molar-refractivity contribution in [2.75, 3.05) is 6.61 Å². The molecule has 0 bridgehead atoms. The second-order valence-corrected chi connectivity index (χ2v) is 6.07. The summed E-state index contributed by atoms with van der Waals surface area (Å²) in [6, 6.07) is 7.53. The minimum absolute atomic E-state index is 0.317. The Morgan fingerprint density at radius 1 is 1.21 bits per heavy atom. The van der Waals surface area contributed by atoms with Gasteiger partial charge in [-0.2, -0.15) is 0 Å². The molecule has 1 aromatic carbocycles. The lowest BCUT2D eigenvalue weighted by Gasteiger charge is -2.33. The third-order valence-corrected chi connectivity index (χ3v) is 4.64. The van der Waals surface area contributed by atoms with Crippen LogP contribution in [-0.2, 0) is 0 Å². The minimum Gasteiger partial charge on any atom is -0.396 e. The van der Waals surface area contributed by atoms with Crippen LogP contribution in [0.4, 0.5) is 0 Å². The van der Waals surface area contributed by atoms with Crippen molar-refractivity contribution in [2.45, 2.75) is 58.5 Å². The van der Waals surface area contributed by atoms with Gasteiger partial charge in [-0.1, -0.05) is 31.0 Å². The monoisotopic (exact) mass is 261 g/mol. The summed E-state index contributed by atoms with van der Waals surface area (Å²) < 4.78 is 0. The van der Waals surface area contributed by atoms with E-state index in [0.717, 1.165) is 6.42 Å². The number of aliphatic hydroxyl groups excluding tert-OH is 1. The van der Waals surface area contributed by atoms with E-state index in [2.05, 4.69) is 44.3 Å². The van der Waals surface area contributed by atoms with E-state index in [1.165, 1.54) is 36.0 Å². The van der Waals surface area contributed by atoms with Crippen molar-refractivity contribution >= 4 is 0 Å². The molecular weight excluding hydrogens is 234 g/mol. The fraction of sp³-hybridized carbons (Fsp3) is 0.647. The molecular formula is C17H27NO. The zero-order valence-electron chi connectivity index (χ0n) is 12.4. The van der Waals surface area contributed by atoms with Crippen molar-refractivity contribution in [2.24, 2.45) is 5.92 Å². The molecule has 2 rings (SSSR count). The molecule has 1 aliphatic rings. The summed E-state index contributed by atoms with van der Waals surface area (Å²) in [6.45, 7) is 6.87. The summed E-state index contributed by atoms with van der Waals surface area (Å²) in [4.78, 5) is 0. The molecule has 1 saturated carbocycles. The maximum atomic E-state index is 9.49. The summed E-state index contributed by atoms with van der Waals surface area (Å²) in [5, 5.41) is 13.2. The predicted molar refractivity (Wildman–Crippen MR) is 80.3 cm³/mol. The smallest absolute Gasteiger partial charge is 0.0474 e. The number of hydrogen-bond donors (Lipinski definition) is 2. The van der Waals surface area contributed by atoms with E-state index in [4.69, 9.17) is 0 Å². The Labute approximate surface area is 117 Å². The Kier molecular flexibility index (Phi) is 5.00.